The maximum absolute atomic E-state index is 13.0. The smallest absolute Gasteiger partial charge is 0.358 e. The number of nitrogens with one attached hydrogen (secondary N) is 3. The highest BCUT2D eigenvalue weighted by Crippen LogP contribution is 2.32. The number of halogens is 3. The molecule has 5 aromatic rings. The lowest BCUT2D eigenvalue weighted by Crippen LogP contribution is -2.27. The second-order valence-corrected chi connectivity index (χ2v) is 8.27. The van der Waals surface area contributed by atoms with Gasteiger partial charge in [-0.25, -0.2) is 19.9 Å². The van der Waals surface area contributed by atoms with Crippen LogP contribution in [0.1, 0.15) is 34.8 Å². The molecule has 3 N–H and O–H groups in total. The number of fused-ring (bicyclic) bond motifs is 1. The Morgan fingerprint density at radius 2 is 2.03 bits per heavy atom. The minimum absolute atomic E-state index is 0.128. The van der Waals surface area contributed by atoms with Crippen LogP contribution in [-0.4, -0.2) is 36.0 Å². The first-order chi connectivity index (χ1) is 16.8. The summed E-state index contributed by atoms with van der Waals surface area (Å²) in [4.78, 5) is 31.9. The van der Waals surface area contributed by atoms with Crippen LogP contribution in [0.2, 0.25) is 0 Å². The van der Waals surface area contributed by atoms with E-state index in [9.17, 15) is 18.0 Å². The van der Waals surface area contributed by atoms with Gasteiger partial charge in [-0.05, 0) is 25.1 Å². The molecule has 0 aliphatic carbocycles. The van der Waals surface area contributed by atoms with Crippen LogP contribution in [0.15, 0.2) is 52.8 Å². The number of rotatable bonds is 6. The van der Waals surface area contributed by atoms with Crippen molar-refractivity contribution in [1.82, 2.24) is 35.4 Å². The van der Waals surface area contributed by atoms with E-state index >= 15 is 0 Å². The number of H-pyrrole nitrogens is 1. The van der Waals surface area contributed by atoms with Crippen LogP contribution in [0, 0.1) is 0 Å². The summed E-state index contributed by atoms with van der Waals surface area (Å²) in [5.41, 5.74) is 0.190. The standard InChI is InChI=1S/C21H15F3N8O2S/c1-10(28-19(33)15-8-17(27-9-26-15)31-20-25-4-5-35-20)16-7-14(32-34-16)18-29-12-3-2-11(21(22,23)24)6-13(12)30-18/h2-10H,1H3,(H,28,33)(H,29,30)(H,25,26,27,31). The number of carbonyl (C=O) groups is 1. The van der Waals surface area contributed by atoms with Crippen molar-refractivity contribution in [2.24, 2.45) is 0 Å². The third-order valence-corrected chi connectivity index (χ3v) is 5.61. The van der Waals surface area contributed by atoms with Gasteiger partial charge in [-0.15, -0.1) is 11.3 Å². The molecule has 1 atom stereocenters. The summed E-state index contributed by atoms with van der Waals surface area (Å²) in [5, 5.41) is 12.1. The molecule has 1 aromatic carbocycles. The van der Waals surface area contributed by atoms with Crippen molar-refractivity contribution < 1.29 is 22.5 Å². The number of amides is 1. The molecule has 178 valence electrons. The highest BCUT2D eigenvalue weighted by Gasteiger charge is 2.31. The van der Waals surface area contributed by atoms with Gasteiger partial charge in [0.25, 0.3) is 5.91 Å². The van der Waals surface area contributed by atoms with E-state index in [0.29, 0.717) is 22.2 Å². The second kappa shape index (κ2) is 8.79. The Labute approximate surface area is 198 Å². The minimum Gasteiger partial charge on any atom is -0.358 e. The van der Waals surface area contributed by atoms with Gasteiger partial charge in [0.15, 0.2) is 16.7 Å². The highest BCUT2D eigenvalue weighted by atomic mass is 32.1. The Hall–Kier alpha value is -4.33. The number of anilines is 2. The van der Waals surface area contributed by atoms with Gasteiger partial charge in [-0.3, -0.25) is 4.79 Å². The zero-order valence-corrected chi connectivity index (χ0v) is 18.6. The molecule has 0 aliphatic heterocycles. The Morgan fingerprint density at radius 3 is 2.80 bits per heavy atom. The van der Waals surface area contributed by atoms with Crippen LogP contribution in [0.5, 0.6) is 0 Å². The zero-order chi connectivity index (χ0) is 24.6. The van der Waals surface area contributed by atoms with E-state index in [0.717, 1.165) is 12.1 Å². The second-order valence-electron chi connectivity index (χ2n) is 7.38. The number of alkyl halides is 3. The molecule has 0 fully saturated rings. The van der Waals surface area contributed by atoms with E-state index in [1.807, 2.05) is 0 Å². The number of imidazole rings is 1. The number of nitrogens with zero attached hydrogens (tertiary/aromatic N) is 5. The fourth-order valence-electron chi connectivity index (χ4n) is 3.20. The van der Waals surface area contributed by atoms with E-state index in [1.165, 1.54) is 29.8 Å². The van der Waals surface area contributed by atoms with Gasteiger partial charge in [-0.2, -0.15) is 13.2 Å². The number of aromatic nitrogens is 6. The lowest BCUT2D eigenvalue weighted by molar-refractivity contribution is -0.137. The van der Waals surface area contributed by atoms with Crippen LogP contribution in [-0.2, 0) is 6.18 Å². The fraction of sp³-hybridized carbons (Fsp3) is 0.143. The van der Waals surface area contributed by atoms with Crippen molar-refractivity contribution in [1.29, 1.82) is 0 Å². The molecule has 0 saturated heterocycles. The maximum atomic E-state index is 13.0. The monoisotopic (exact) mass is 500 g/mol. The number of hydrogen-bond acceptors (Lipinski definition) is 9. The minimum atomic E-state index is -4.46. The van der Waals surface area contributed by atoms with E-state index in [1.54, 1.807) is 24.6 Å². The molecule has 0 saturated carbocycles. The molecular formula is C21H15F3N8O2S. The van der Waals surface area contributed by atoms with Gasteiger partial charge >= 0.3 is 6.18 Å². The fourth-order valence-corrected chi connectivity index (χ4v) is 3.73. The molecule has 0 bridgehead atoms. The van der Waals surface area contributed by atoms with Crippen molar-refractivity contribution in [2.75, 3.05) is 5.32 Å². The number of benzene rings is 1. The van der Waals surface area contributed by atoms with Gasteiger partial charge in [0, 0.05) is 23.7 Å². The van der Waals surface area contributed by atoms with E-state index < -0.39 is 23.7 Å². The summed E-state index contributed by atoms with van der Waals surface area (Å²) in [7, 11) is 0. The van der Waals surface area contributed by atoms with Crippen LogP contribution in [0.4, 0.5) is 24.1 Å². The average Bonchev–Trinajstić information content (AvgIpc) is 3.58. The van der Waals surface area contributed by atoms with Crippen LogP contribution >= 0.6 is 11.3 Å². The predicted octanol–water partition coefficient (Wildman–Crippen LogP) is 4.72. The summed E-state index contributed by atoms with van der Waals surface area (Å²) in [6.07, 6.45) is -1.57. The Bertz CT molecular complexity index is 1500. The first-order valence-corrected chi connectivity index (χ1v) is 11.0. The van der Waals surface area contributed by atoms with Crippen molar-refractivity contribution in [2.45, 2.75) is 19.1 Å². The van der Waals surface area contributed by atoms with Gasteiger partial charge in [0.2, 0.25) is 0 Å². The van der Waals surface area contributed by atoms with E-state index in [4.69, 9.17) is 4.52 Å². The van der Waals surface area contributed by atoms with Gasteiger partial charge < -0.3 is 20.1 Å². The molecule has 0 aliphatic rings. The number of hydrogen-bond donors (Lipinski definition) is 3. The zero-order valence-electron chi connectivity index (χ0n) is 17.8. The SMILES string of the molecule is CC(NC(=O)c1cc(Nc2nccs2)ncn1)c1cc(-c2nc3ccc(C(F)(F)F)cc3[nH]2)no1. The molecule has 35 heavy (non-hydrogen) atoms. The van der Waals surface area contributed by atoms with Crippen molar-refractivity contribution in [3.05, 3.63) is 65.3 Å². The van der Waals surface area contributed by atoms with E-state index in [2.05, 4.69) is 40.7 Å². The molecule has 0 radical (unpaired) electrons. The summed E-state index contributed by atoms with van der Waals surface area (Å²) >= 11 is 1.38. The molecule has 1 amide bonds. The summed E-state index contributed by atoms with van der Waals surface area (Å²) < 4.78 is 44.2. The van der Waals surface area contributed by atoms with Crippen LogP contribution in [0.25, 0.3) is 22.6 Å². The molecule has 5 rings (SSSR count). The topological polar surface area (TPSA) is 135 Å². The summed E-state index contributed by atoms with van der Waals surface area (Å²) in [6, 6.07) is 5.66. The van der Waals surface area contributed by atoms with Crippen LogP contribution in [0.3, 0.4) is 0 Å². The molecule has 14 heteroatoms. The number of thiazole rings is 1. The lowest BCUT2D eigenvalue weighted by atomic mass is 10.2. The third kappa shape index (κ3) is 4.82. The molecule has 1 unspecified atom stereocenters. The lowest BCUT2D eigenvalue weighted by Gasteiger charge is -2.10. The van der Waals surface area contributed by atoms with Crippen molar-refractivity contribution in [3.8, 4) is 11.5 Å². The molecular weight excluding hydrogens is 485 g/mol. The van der Waals surface area contributed by atoms with Crippen LogP contribution < -0.4 is 10.6 Å². The summed E-state index contributed by atoms with van der Waals surface area (Å²) in [5.74, 6) is 0.498. The normalized spacial score (nSPS) is 12.6. The van der Waals surface area contributed by atoms with Gasteiger partial charge in [-0.1, -0.05) is 5.16 Å². The Balaban J connectivity index is 1.29. The highest BCUT2D eigenvalue weighted by molar-refractivity contribution is 7.13. The predicted molar refractivity (Wildman–Crippen MR) is 120 cm³/mol. The number of carbonyl (C=O) groups excluding carboxylic acids is 1. The number of aromatic amines is 1. The first-order valence-electron chi connectivity index (χ1n) is 10.1. The molecule has 4 aromatic heterocycles. The van der Waals surface area contributed by atoms with E-state index in [-0.39, 0.29) is 22.7 Å². The van der Waals surface area contributed by atoms with Crippen molar-refractivity contribution >= 4 is 39.2 Å². The summed E-state index contributed by atoms with van der Waals surface area (Å²) in [6.45, 7) is 1.69. The quantitative estimate of drug-likeness (QED) is 0.305. The first kappa shape index (κ1) is 22.5. The van der Waals surface area contributed by atoms with Gasteiger partial charge in [0.1, 0.15) is 23.5 Å². The molecule has 4 heterocycles. The van der Waals surface area contributed by atoms with Gasteiger partial charge in [0.05, 0.1) is 22.6 Å². The Morgan fingerprint density at radius 1 is 1.17 bits per heavy atom. The average molecular weight is 500 g/mol. The molecule has 10 nitrogen and oxygen atoms in total. The maximum Gasteiger partial charge on any atom is 0.416 e. The van der Waals surface area contributed by atoms with Crippen molar-refractivity contribution in [3.63, 3.8) is 0 Å². The Kier molecular flexibility index (Phi) is 5.64. The third-order valence-electron chi connectivity index (χ3n) is 4.92. The molecule has 0 spiro atoms. The largest absolute Gasteiger partial charge is 0.416 e.